The van der Waals surface area contributed by atoms with Crippen molar-refractivity contribution in [3.05, 3.63) is 23.9 Å². The Morgan fingerprint density at radius 3 is 2.56 bits per heavy atom. The number of hydrogen-bond donors (Lipinski definition) is 0. The monoisotopic (exact) mass is 255 g/mol. The molecule has 0 N–H and O–H groups in total. The molecule has 0 aromatic carbocycles. The number of ether oxygens (including phenoxy) is 1. The van der Waals surface area contributed by atoms with Crippen molar-refractivity contribution >= 4 is 5.78 Å². The highest BCUT2D eigenvalue weighted by molar-refractivity contribution is 5.98. The van der Waals surface area contributed by atoms with Gasteiger partial charge in [-0.15, -0.1) is 0 Å². The van der Waals surface area contributed by atoms with Gasteiger partial charge in [-0.3, -0.25) is 4.79 Å². The quantitative estimate of drug-likeness (QED) is 0.775. The molecule has 1 heterocycles. The summed E-state index contributed by atoms with van der Waals surface area (Å²) in [6, 6.07) is 2.81. The topological polar surface area (TPSA) is 39.2 Å². The smallest absolute Gasteiger partial charge is 0.300 e. The molecule has 0 radical (unpaired) electrons. The van der Waals surface area contributed by atoms with Gasteiger partial charge < -0.3 is 4.74 Å². The lowest BCUT2D eigenvalue weighted by Crippen LogP contribution is -2.20. The van der Waals surface area contributed by atoms with E-state index in [1.54, 1.807) is 0 Å². The van der Waals surface area contributed by atoms with E-state index in [1.807, 2.05) is 0 Å². The Bertz CT molecular complexity index is 400. The van der Waals surface area contributed by atoms with Gasteiger partial charge in [-0.05, 0) is 31.7 Å². The number of hydrogen-bond acceptors (Lipinski definition) is 3. The average molecular weight is 255 g/mol. The van der Waals surface area contributed by atoms with Crippen LogP contribution in [0.2, 0.25) is 0 Å². The highest BCUT2D eigenvalue weighted by Crippen LogP contribution is 2.22. The summed E-state index contributed by atoms with van der Waals surface area (Å²) in [6.45, 7) is 0. The molecule has 0 atom stereocenters. The molecule has 0 unspecified atom stereocenters. The van der Waals surface area contributed by atoms with Crippen LogP contribution in [0.15, 0.2) is 18.3 Å². The van der Waals surface area contributed by atoms with Gasteiger partial charge in [-0.25, -0.2) is 13.8 Å². The number of aromatic nitrogens is 1. The standard InChI is InChI=1S/C13H15F2NO2/c14-13(15)12(17)9-6-7-11(16-8-9)18-10-4-2-1-3-5-10/h6-8,10,13H,1-5H2. The highest BCUT2D eigenvalue weighted by atomic mass is 19.3. The Kier molecular flexibility index (Phi) is 4.23. The van der Waals surface area contributed by atoms with Crippen molar-refractivity contribution in [2.75, 3.05) is 0 Å². The van der Waals surface area contributed by atoms with Gasteiger partial charge in [0.05, 0.1) is 0 Å². The molecule has 98 valence electrons. The molecule has 0 aliphatic heterocycles. The normalized spacial score (nSPS) is 16.8. The first-order valence-corrected chi connectivity index (χ1v) is 6.12. The van der Waals surface area contributed by atoms with E-state index in [0.717, 1.165) is 31.9 Å². The van der Waals surface area contributed by atoms with Crippen LogP contribution in [0.1, 0.15) is 42.5 Å². The van der Waals surface area contributed by atoms with Gasteiger partial charge in [0.2, 0.25) is 11.7 Å². The minimum Gasteiger partial charge on any atom is -0.474 e. The van der Waals surface area contributed by atoms with Gasteiger partial charge in [-0.1, -0.05) is 6.42 Å². The Hall–Kier alpha value is -1.52. The molecule has 0 saturated heterocycles. The van der Waals surface area contributed by atoms with E-state index in [4.69, 9.17) is 4.74 Å². The van der Waals surface area contributed by atoms with E-state index in [2.05, 4.69) is 4.98 Å². The van der Waals surface area contributed by atoms with Crippen LogP contribution in [-0.2, 0) is 0 Å². The lowest BCUT2D eigenvalue weighted by molar-refractivity contribution is 0.0678. The van der Waals surface area contributed by atoms with Gasteiger partial charge in [0, 0.05) is 17.8 Å². The molecule has 2 rings (SSSR count). The van der Waals surface area contributed by atoms with Crippen LogP contribution in [0, 0.1) is 0 Å². The molecule has 5 heteroatoms. The molecule has 1 aromatic rings. The average Bonchev–Trinajstić information content (AvgIpc) is 2.40. The summed E-state index contributed by atoms with van der Waals surface area (Å²) in [5.41, 5.74) is -0.0824. The Balaban J connectivity index is 1.96. The zero-order chi connectivity index (χ0) is 13.0. The molecule has 1 saturated carbocycles. The predicted octanol–water partition coefficient (Wildman–Crippen LogP) is 3.24. The molecular formula is C13H15F2NO2. The number of alkyl halides is 2. The zero-order valence-corrected chi connectivity index (χ0v) is 9.94. The van der Waals surface area contributed by atoms with Gasteiger partial charge in [0.15, 0.2) is 0 Å². The van der Waals surface area contributed by atoms with Gasteiger partial charge in [0.1, 0.15) is 6.10 Å². The van der Waals surface area contributed by atoms with Crippen LogP contribution in [0.4, 0.5) is 8.78 Å². The van der Waals surface area contributed by atoms with Crippen molar-refractivity contribution in [2.24, 2.45) is 0 Å². The number of nitrogens with zero attached hydrogens (tertiary/aromatic N) is 1. The third-order valence-electron chi connectivity index (χ3n) is 3.06. The molecule has 18 heavy (non-hydrogen) atoms. The van der Waals surface area contributed by atoms with Crippen LogP contribution < -0.4 is 4.74 Å². The molecule has 1 aliphatic carbocycles. The number of ketones is 1. The van der Waals surface area contributed by atoms with Crippen LogP contribution in [0.25, 0.3) is 0 Å². The predicted molar refractivity (Wildman–Crippen MR) is 62.1 cm³/mol. The maximum atomic E-state index is 12.2. The summed E-state index contributed by atoms with van der Waals surface area (Å²) in [4.78, 5) is 14.9. The SMILES string of the molecule is O=C(c1ccc(OC2CCCCC2)nc1)C(F)F. The summed E-state index contributed by atoms with van der Waals surface area (Å²) in [7, 11) is 0. The number of carbonyl (C=O) groups is 1. The van der Waals surface area contributed by atoms with Gasteiger partial charge in [-0.2, -0.15) is 0 Å². The van der Waals surface area contributed by atoms with Gasteiger partial charge >= 0.3 is 6.43 Å². The highest BCUT2D eigenvalue weighted by Gasteiger charge is 2.19. The second-order valence-electron chi connectivity index (χ2n) is 4.43. The first kappa shape index (κ1) is 12.9. The fraction of sp³-hybridized carbons (Fsp3) is 0.538. The Morgan fingerprint density at radius 1 is 1.28 bits per heavy atom. The number of carbonyl (C=O) groups excluding carboxylic acids is 1. The van der Waals surface area contributed by atoms with E-state index in [-0.39, 0.29) is 11.7 Å². The fourth-order valence-corrected chi connectivity index (χ4v) is 2.08. The van der Waals surface area contributed by atoms with E-state index < -0.39 is 12.2 Å². The largest absolute Gasteiger partial charge is 0.474 e. The van der Waals surface area contributed by atoms with Crippen LogP contribution >= 0.6 is 0 Å². The van der Waals surface area contributed by atoms with Crippen molar-refractivity contribution in [2.45, 2.75) is 44.6 Å². The molecule has 3 nitrogen and oxygen atoms in total. The van der Waals surface area contributed by atoms with Crippen LogP contribution in [0.3, 0.4) is 0 Å². The number of pyridine rings is 1. The first-order chi connectivity index (χ1) is 8.66. The van der Waals surface area contributed by atoms with Crippen molar-refractivity contribution in [3.8, 4) is 5.88 Å². The molecule has 0 spiro atoms. The molecular weight excluding hydrogens is 240 g/mol. The summed E-state index contributed by atoms with van der Waals surface area (Å²) in [5.74, 6) is -0.806. The van der Waals surface area contributed by atoms with E-state index in [0.29, 0.717) is 5.88 Å². The van der Waals surface area contributed by atoms with E-state index in [9.17, 15) is 13.6 Å². The lowest BCUT2D eigenvalue weighted by Gasteiger charge is -2.22. The molecule has 0 amide bonds. The molecule has 1 aromatic heterocycles. The maximum absolute atomic E-state index is 12.2. The maximum Gasteiger partial charge on any atom is 0.300 e. The minimum atomic E-state index is -2.99. The van der Waals surface area contributed by atoms with Crippen molar-refractivity contribution < 1.29 is 18.3 Å². The third-order valence-corrected chi connectivity index (χ3v) is 3.06. The van der Waals surface area contributed by atoms with Crippen LogP contribution in [0.5, 0.6) is 5.88 Å². The van der Waals surface area contributed by atoms with Crippen molar-refractivity contribution in [1.29, 1.82) is 0 Å². The second-order valence-corrected chi connectivity index (χ2v) is 4.43. The lowest BCUT2D eigenvalue weighted by atomic mass is 9.98. The summed E-state index contributed by atoms with van der Waals surface area (Å²) in [6.07, 6.45) is 3.83. The van der Waals surface area contributed by atoms with Crippen molar-refractivity contribution in [3.63, 3.8) is 0 Å². The fourth-order valence-electron chi connectivity index (χ4n) is 2.08. The second kappa shape index (κ2) is 5.89. The van der Waals surface area contributed by atoms with E-state index in [1.165, 1.54) is 18.6 Å². The Labute approximate surface area is 104 Å². The molecule has 1 aliphatic rings. The zero-order valence-electron chi connectivity index (χ0n) is 9.94. The first-order valence-electron chi connectivity index (χ1n) is 6.12. The minimum absolute atomic E-state index is 0.0824. The Morgan fingerprint density at radius 2 is 2.00 bits per heavy atom. The number of rotatable bonds is 4. The summed E-state index contributed by atoms with van der Waals surface area (Å²) in [5, 5.41) is 0. The summed E-state index contributed by atoms with van der Waals surface area (Å²) < 4.78 is 30.0. The van der Waals surface area contributed by atoms with Crippen LogP contribution in [-0.4, -0.2) is 23.3 Å². The number of Topliss-reactive ketones (excluding diaryl/α,β-unsaturated/α-hetero) is 1. The summed E-state index contributed by atoms with van der Waals surface area (Å²) >= 11 is 0. The van der Waals surface area contributed by atoms with Crippen molar-refractivity contribution in [1.82, 2.24) is 4.98 Å². The van der Waals surface area contributed by atoms with E-state index >= 15 is 0 Å². The third kappa shape index (κ3) is 3.24. The van der Waals surface area contributed by atoms with Gasteiger partial charge in [0.25, 0.3) is 0 Å². The molecule has 1 fully saturated rings. The molecule has 0 bridgehead atoms. The number of halogens is 2.